The Kier molecular flexibility index (Phi) is 4.45. The van der Waals surface area contributed by atoms with Crippen LogP contribution in [0.4, 0.5) is 0 Å². The fraction of sp³-hybridized carbons (Fsp3) is 0.857. The molecule has 0 spiro atoms. The first-order chi connectivity index (χ1) is 9.01. The first-order valence-electron chi connectivity index (χ1n) is 7.30. The van der Waals surface area contributed by atoms with Crippen LogP contribution in [-0.4, -0.2) is 28.6 Å². The van der Waals surface area contributed by atoms with Gasteiger partial charge >= 0.3 is 5.97 Å². The van der Waals surface area contributed by atoms with Gasteiger partial charge in [-0.2, -0.15) is 0 Å². The van der Waals surface area contributed by atoms with E-state index in [1.807, 2.05) is 0 Å². The molecule has 0 aromatic rings. The molecule has 0 radical (unpaired) electrons. The van der Waals surface area contributed by atoms with Gasteiger partial charge in [0.1, 0.15) is 0 Å². The van der Waals surface area contributed by atoms with Crippen molar-refractivity contribution in [3.8, 4) is 0 Å². The number of carboxylic acids is 1. The summed E-state index contributed by atoms with van der Waals surface area (Å²) in [5, 5.41) is 12.1. The van der Waals surface area contributed by atoms with Gasteiger partial charge < -0.3 is 16.2 Å². The van der Waals surface area contributed by atoms with Gasteiger partial charge in [0.2, 0.25) is 5.91 Å². The van der Waals surface area contributed by atoms with E-state index in [1.165, 1.54) is 0 Å². The molecule has 2 saturated carbocycles. The maximum Gasteiger partial charge on any atom is 0.305 e. The molecule has 0 aromatic heterocycles. The number of carboxylic acid groups (broad SMARTS) is 1. The lowest BCUT2D eigenvalue weighted by molar-refractivity contribution is -0.140. The van der Waals surface area contributed by atoms with E-state index in [4.69, 9.17) is 10.8 Å². The van der Waals surface area contributed by atoms with Crippen LogP contribution < -0.4 is 11.1 Å². The third-order valence-electron chi connectivity index (χ3n) is 4.53. The molecular formula is C14H24N2O3. The summed E-state index contributed by atoms with van der Waals surface area (Å²) in [6, 6.07) is 0.123. The number of aliphatic carboxylic acids is 1. The van der Waals surface area contributed by atoms with Crippen LogP contribution in [0, 0.1) is 5.92 Å². The lowest BCUT2D eigenvalue weighted by atomic mass is 9.79. The second-order valence-electron chi connectivity index (χ2n) is 6.17. The zero-order valence-corrected chi connectivity index (χ0v) is 11.4. The molecule has 2 unspecified atom stereocenters. The number of carbonyl (C=O) groups is 2. The van der Waals surface area contributed by atoms with Crippen LogP contribution in [0.1, 0.15) is 57.8 Å². The van der Waals surface area contributed by atoms with Gasteiger partial charge in [-0.3, -0.25) is 9.59 Å². The molecule has 19 heavy (non-hydrogen) atoms. The summed E-state index contributed by atoms with van der Waals surface area (Å²) < 4.78 is 0. The van der Waals surface area contributed by atoms with Gasteiger partial charge in [0, 0.05) is 12.0 Å². The zero-order chi connectivity index (χ0) is 13.9. The van der Waals surface area contributed by atoms with Crippen molar-refractivity contribution in [1.82, 2.24) is 5.32 Å². The highest BCUT2D eigenvalue weighted by Gasteiger charge is 2.38. The molecule has 2 atom stereocenters. The summed E-state index contributed by atoms with van der Waals surface area (Å²) in [5.41, 5.74) is 5.32. The van der Waals surface area contributed by atoms with E-state index >= 15 is 0 Å². The molecule has 5 heteroatoms. The van der Waals surface area contributed by atoms with Crippen molar-refractivity contribution in [3.63, 3.8) is 0 Å². The highest BCUT2D eigenvalue weighted by Crippen LogP contribution is 2.33. The van der Waals surface area contributed by atoms with Crippen molar-refractivity contribution in [2.24, 2.45) is 11.7 Å². The second kappa shape index (κ2) is 5.90. The highest BCUT2D eigenvalue weighted by atomic mass is 16.4. The number of hydrogen-bond acceptors (Lipinski definition) is 3. The van der Waals surface area contributed by atoms with E-state index < -0.39 is 11.5 Å². The summed E-state index contributed by atoms with van der Waals surface area (Å²) >= 11 is 0. The van der Waals surface area contributed by atoms with Gasteiger partial charge in [-0.05, 0) is 32.1 Å². The predicted molar refractivity (Wildman–Crippen MR) is 71.5 cm³/mol. The standard InChI is InChI=1S/C14H24N2O3/c15-11-5-4-10(8-11)13(19)16-14(9-12(17)18)6-2-1-3-7-14/h10-11H,1-9,15H2,(H,16,19)(H,17,18). The van der Waals surface area contributed by atoms with E-state index in [9.17, 15) is 9.59 Å². The van der Waals surface area contributed by atoms with E-state index in [2.05, 4.69) is 5.32 Å². The Morgan fingerprint density at radius 2 is 1.89 bits per heavy atom. The van der Waals surface area contributed by atoms with Crippen molar-refractivity contribution in [2.75, 3.05) is 0 Å². The largest absolute Gasteiger partial charge is 0.481 e. The number of hydrogen-bond donors (Lipinski definition) is 3. The number of carbonyl (C=O) groups excluding carboxylic acids is 1. The number of amides is 1. The molecule has 2 aliphatic carbocycles. The third kappa shape index (κ3) is 3.69. The van der Waals surface area contributed by atoms with Gasteiger partial charge in [0.15, 0.2) is 0 Å². The smallest absolute Gasteiger partial charge is 0.305 e. The molecule has 5 nitrogen and oxygen atoms in total. The molecule has 0 aromatic carbocycles. The lowest BCUT2D eigenvalue weighted by Crippen LogP contribution is -2.52. The minimum Gasteiger partial charge on any atom is -0.481 e. The molecule has 2 aliphatic rings. The van der Waals surface area contributed by atoms with Crippen molar-refractivity contribution in [3.05, 3.63) is 0 Å². The second-order valence-corrected chi connectivity index (χ2v) is 6.17. The third-order valence-corrected chi connectivity index (χ3v) is 4.53. The zero-order valence-electron chi connectivity index (χ0n) is 11.4. The average Bonchev–Trinajstić information content (AvgIpc) is 2.76. The van der Waals surface area contributed by atoms with Crippen molar-refractivity contribution in [2.45, 2.75) is 69.4 Å². The first-order valence-corrected chi connectivity index (χ1v) is 7.30. The van der Waals surface area contributed by atoms with Gasteiger partial charge in [-0.1, -0.05) is 19.3 Å². The predicted octanol–water partition coefficient (Wildman–Crippen LogP) is 1.41. The monoisotopic (exact) mass is 268 g/mol. The lowest BCUT2D eigenvalue weighted by Gasteiger charge is -2.37. The summed E-state index contributed by atoms with van der Waals surface area (Å²) in [6.07, 6.45) is 7.18. The molecule has 2 rings (SSSR count). The topological polar surface area (TPSA) is 92.4 Å². The fourth-order valence-corrected chi connectivity index (χ4v) is 3.48. The quantitative estimate of drug-likeness (QED) is 0.718. The molecule has 0 heterocycles. The summed E-state index contributed by atoms with van der Waals surface area (Å²) in [6.45, 7) is 0. The van der Waals surface area contributed by atoms with Crippen LogP contribution in [0.3, 0.4) is 0 Å². The van der Waals surface area contributed by atoms with Gasteiger partial charge in [-0.25, -0.2) is 0 Å². The SMILES string of the molecule is NC1CCC(C(=O)NC2(CC(=O)O)CCCCC2)C1. The average molecular weight is 268 g/mol. The van der Waals surface area contributed by atoms with Crippen molar-refractivity contribution < 1.29 is 14.7 Å². The Morgan fingerprint density at radius 3 is 2.42 bits per heavy atom. The molecule has 108 valence electrons. The van der Waals surface area contributed by atoms with Crippen LogP contribution in [-0.2, 0) is 9.59 Å². The molecule has 4 N–H and O–H groups in total. The Hall–Kier alpha value is -1.10. The van der Waals surface area contributed by atoms with Crippen molar-refractivity contribution >= 4 is 11.9 Å². The molecular weight excluding hydrogens is 244 g/mol. The number of nitrogens with one attached hydrogen (secondary N) is 1. The summed E-state index contributed by atoms with van der Waals surface area (Å²) in [4.78, 5) is 23.3. The summed E-state index contributed by atoms with van der Waals surface area (Å²) in [5.74, 6) is -0.844. The van der Waals surface area contributed by atoms with E-state index in [-0.39, 0.29) is 24.3 Å². The van der Waals surface area contributed by atoms with E-state index in [0.29, 0.717) is 0 Å². The van der Waals surface area contributed by atoms with Gasteiger partial charge in [0.05, 0.1) is 12.0 Å². The molecule has 2 fully saturated rings. The maximum absolute atomic E-state index is 12.3. The van der Waals surface area contributed by atoms with Crippen LogP contribution >= 0.6 is 0 Å². The van der Waals surface area contributed by atoms with E-state index in [1.54, 1.807) is 0 Å². The number of nitrogens with two attached hydrogens (primary N) is 1. The molecule has 0 aliphatic heterocycles. The van der Waals surface area contributed by atoms with Gasteiger partial charge in [0.25, 0.3) is 0 Å². The Labute approximate surface area is 113 Å². The minimum atomic E-state index is -0.828. The van der Waals surface area contributed by atoms with Crippen LogP contribution in [0.15, 0.2) is 0 Å². The highest BCUT2D eigenvalue weighted by molar-refractivity contribution is 5.81. The first kappa shape index (κ1) is 14.3. The Bertz CT molecular complexity index is 351. The summed E-state index contributed by atoms with van der Waals surface area (Å²) in [7, 11) is 0. The Morgan fingerprint density at radius 1 is 1.21 bits per heavy atom. The molecule has 1 amide bonds. The number of rotatable bonds is 4. The normalized spacial score (nSPS) is 29.9. The van der Waals surface area contributed by atoms with E-state index in [0.717, 1.165) is 51.4 Å². The van der Waals surface area contributed by atoms with Crippen LogP contribution in [0.2, 0.25) is 0 Å². The minimum absolute atomic E-state index is 0.0103. The fourth-order valence-electron chi connectivity index (χ4n) is 3.48. The van der Waals surface area contributed by atoms with Crippen LogP contribution in [0.5, 0.6) is 0 Å². The van der Waals surface area contributed by atoms with Gasteiger partial charge in [-0.15, -0.1) is 0 Å². The Balaban J connectivity index is 1.99. The maximum atomic E-state index is 12.3. The van der Waals surface area contributed by atoms with Crippen molar-refractivity contribution in [1.29, 1.82) is 0 Å². The molecule has 0 bridgehead atoms. The van der Waals surface area contributed by atoms with Crippen LogP contribution in [0.25, 0.3) is 0 Å². The molecule has 0 saturated heterocycles.